The van der Waals surface area contributed by atoms with Crippen molar-refractivity contribution in [1.29, 1.82) is 0 Å². The fourth-order valence-corrected chi connectivity index (χ4v) is 4.25. The summed E-state index contributed by atoms with van der Waals surface area (Å²) in [7, 11) is 0. The number of carbonyl (C=O) groups excluding carboxylic acids is 2. The van der Waals surface area contributed by atoms with Crippen LogP contribution in [-0.4, -0.2) is 40.2 Å². The average molecular weight is 525 g/mol. The van der Waals surface area contributed by atoms with Crippen LogP contribution in [-0.2, 0) is 22.3 Å². The molecule has 0 fully saturated rings. The number of alkyl halides is 3. The number of aromatic nitrogens is 2. The minimum atomic E-state index is -4.67. The van der Waals surface area contributed by atoms with Crippen LogP contribution in [0.1, 0.15) is 49.5 Å². The number of nitrogens with two attached hydrogens (primary N) is 1. The van der Waals surface area contributed by atoms with Gasteiger partial charge in [-0.1, -0.05) is 24.7 Å². The van der Waals surface area contributed by atoms with Crippen LogP contribution < -0.4 is 15.3 Å². The molecule has 3 aromatic rings. The predicted molar refractivity (Wildman–Crippen MR) is 129 cm³/mol. The third kappa shape index (κ3) is 6.70. The van der Waals surface area contributed by atoms with E-state index < -0.39 is 35.8 Å². The molecule has 0 aliphatic heterocycles. The number of unbranched alkanes of at least 4 members (excludes halogenated alkanes) is 1. The number of carbonyl (C=O) groups is 2. The van der Waals surface area contributed by atoms with Gasteiger partial charge in [0.2, 0.25) is 0 Å². The molecule has 0 aliphatic rings. The van der Waals surface area contributed by atoms with Crippen LogP contribution in [0.3, 0.4) is 0 Å². The number of nitrogens with zero attached hydrogens (tertiary/aromatic N) is 3. The number of pyridine rings is 1. The third-order valence-electron chi connectivity index (χ3n) is 5.12. The molecule has 36 heavy (non-hydrogen) atoms. The molecule has 0 spiro atoms. The maximum Gasteiger partial charge on any atom is 0.416 e. The highest BCUT2D eigenvalue weighted by atomic mass is 32.1. The first kappa shape index (κ1) is 27.3. The molecule has 0 unspecified atom stereocenters. The van der Waals surface area contributed by atoms with E-state index in [4.69, 9.17) is 15.2 Å². The van der Waals surface area contributed by atoms with Gasteiger partial charge < -0.3 is 19.8 Å². The summed E-state index contributed by atoms with van der Waals surface area (Å²) in [6.07, 6.45) is -0.427. The summed E-state index contributed by atoms with van der Waals surface area (Å²) in [5.41, 5.74) is 4.89. The summed E-state index contributed by atoms with van der Waals surface area (Å²) in [5.74, 6) is -1.65. The molecular formula is C24H27F3N4O4S. The Labute approximate surface area is 209 Å². The molecule has 8 nitrogen and oxygen atoms in total. The number of amides is 1. The van der Waals surface area contributed by atoms with E-state index in [9.17, 15) is 22.8 Å². The van der Waals surface area contributed by atoms with E-state index in [1.807, 2.05) is 11.5 Å². The summed E-state index contributed by atoms with van der Waals surface area (Å²) in [4.78, 5) is 33.5. The molecule has 0 saturated heterocycles. The Hall–Kier alpha value is -3.25. The van der Waals surface area contributed by atoms with E-state index in [1.54, 1.807) is 18.5 Å². The molecule has 194 valence electrons. The second-order valence-corrected chi connectivity index (χ2v) is 9.22. The van der Waals surface area contributed by atoms with Crippen LogP contribution in [0.15, 0.2) is 41.7 Å². The zero-order chi connectivity index (χ0) is 26.5. The van der Waals surface area contributed by atoms with Gasteiger partial charge in [-0.3, -0.25) is 14.6 Å². The maximum absolute atomic E-state index is 13.4. The number of fused-ring (bicyclic) bond motifs is 1. The van der Waals surface area contributed by atoms with Crippen LogP contribution in [0.4, 0.5) is 13.2 Å². The van der Waals surface area contributed by atoms with E-state index in [1.165, 1.54) is 25.2 Å². The highest BCUT2D eigenvalue weighted by molar-refractivity contribution is 7.16. The number of hydrogen-bond donors (Lipinski definition) is 1. The van der Waals surface area contributed by atoms with Gasteiger partial charge in [0.05, 0.1) is 27.5 Å². The average Bonchev–Trinajstić information content (AvgIpc) is 3.17. The summed E-state index contributed by atoms with van der Waals surface area (Å²) in [6.45, 7) is 5.39. The Bertz CT molecular complexity index is 1300. The fraction of sp³-hybridized carbons (Fsp3) is 0.417. The van der Waals surface area contributed by atoms with Crippen molar-refractivity contribution in [2.24, 2.45) is 10.7 Å². The van der Waals surface area contributed by atoms with Crippen molar-refractivity contribution in [3.63, 3.8) is 0 Å². The first-order chi connectivity index (χ1) is 17.0. The van der Waals surface area contributed by atoms with Gasteiger partial charge in [-0.15, -0.1) is 0 Å². The highest BCUT2D eigenvalue weighted by Gasteiger charge is 2.32. The third-order valence-corrected chi connectivity index (χ3v) is 6.18. The van der Waals surface area contributed by atoms with Gasteiger partial charge in [0.15, 0.2) is 4.80 Å². The Kier molecular flexibility index (Phi) is 8.85. The van der Waals surface area contributed by atoms with Crippen LogP contribution in [0.5, 0.6) is 5.75 Å². The van der Waals surface area contributed by atoms with Gasteiger partial charge in [0, 0.05) is 12.7 Å². The quantitative estimate of drug-likeness (QED) is 0.418. The van der Waals surface area contributed by atoms with Crippen molar-refractivity contribution in [1.82, 2.24) is 9.55 Å². The van der Waals surface area contributed by atoms with Gasteiger partial charge >= 0.3 is 12.1 Å². The number of rotatable bonds is 9. The van der Waals surface area contributed by atoms with Crippen molar-refractivity contribution < 1.29 is 32.2 Å². The molecule has 1 aromatic carbocycles. The summed E-state index contributed by atoms with van der Waals surface area (Å²) in [6, 6.07) is 3.54. The van der Waals surface area contributed by atoms with E-state index in [-0.39, 0.29) is 17.9 Å². The van der Waals surface area contributed by atoms with E-state index in [0.717, 1.165) is 35.2 Å². The summed E-state index contributed by atoms with van der Waals surface area (Å²) >= 11 is 1.24. The standard InChI is InChI=1S/C24H27F3N4O4S/c1-4-5-10-31-18-12-29-9-8-20(18)36-23(31)30-21(32)17-11-16(24(25,26)27)6-7-19(17)34-13-14(2)35-22(33)15(3)28/h6-9,11-12,14-15H,4-5,10,13,28H2,1-3H3/t14-,15-/m0/s1. The summed E-state index contributed by atoms with van der Waals surface area (Å²) < 4.78 is 53.6. The Morgan fingerprint density at radius 2 is 2.00 bits per heavy atom. The zero-order valence-electron chi connectivity index (χ0n) is 20.0. The molecular weight excluding hydrogens is 497 g/mol. The normalized spacial score (nSPS) is 14.0. The van der Waals surface area contributed by atoms with Gasteiger partial charge in [0.25, 0.3) is 5.91 Å². The van der Waals surface area contributed by atoms with Crippen molar-refractivity contribution in [2.45, 2.75) is 58.5 Å². The van der Waals surface area contributed by atoms with Crippen molar-refractivity contribution in [3.8, 4) is 5.75 Å². The number of hydrogen-bond acceptors (Lipinski definition) is 7. The first-order valence-corrected chi connectivity index (χ1v) is 12.2. The molecule has 2 aromatic heterocycles. The molecule has 0 aliphatic carbocycles. The Morgan fingerprint density at radius 3 is 2.67 bits per heavy atom. The van der Waals surface area contributed by atoms with E-state index >= 15 is 0 Å². The predicted octanol–water partition coefficient (Wildman–Crippen LogP) is 4.32. The van der Waals surface area contributed by atoms with Crippen LogP contribution in [0.2, 0.25) is 0 Å². The minimum Gasteiger partial charge on any atom is -0.489 e. The Balaban J connectivity index is 1.99. The molecule has 12 heteroatoms. The zero-order valence-corrected chi connectivity index (χ0v) is 20.9. The van der Waals surface area contributed by atoms with Crippen molar-refractivity contribution in [3.05, 3.63) is 52.6 Å². The largest absolute Gasteiger partial charge is 0.489 e. The molecule has 2 heterocycles. The molecule has 0 bridgehead atoms. The lowest BCUT2D eigenvalue weighted by Crippen LogP contribution is -2.33. The molecule has 0 radical (unpaired) electrons. The number of ether oxygens (including phenoxy) is 2. The fourth-order valence-electron chi connectivity index (χ4n) is 3.23. The summed E-state index contributed by atoms with van der Waals surface area (Å²) in [5, 5.41) is 0. The second-order valence-electron chi connectivity index (χ2n) is 8.21. The van der Waals surface area contributed by atoms with Gasteiger partial charge in [-0.2, -0.15) is 18.2 Å². The lowest BCUT2D eigenvalue weighted by atomic mass is 10.1. The molecule has 3 rings (SSSR count). The number of aryl methyl sites for hydroxylation is 1. The van der Waals surface area contributed by atoms with Gasteiger partial charge in [-0.05, 0) is 44.5 Å². The lowest BCUT2D eigenvalue weighted by Gasteiger charge is -2.17. The number of thiazole rings is 1. The number of halogens is 3. The Morgan fingerprint density at radius 1 is 1.25 bits per heavy atom. The topological polar surface area (TPSA) is 109 Å². The van der Waals surface area contributed by atoms with Crippen molar-refractivity contribution in [2.75, 3.05) is 6.61 Å². The monoisotopic (exact) mass is 524 g/mol. The minimum absolute atomic E-state index is 0.108. The molecule has 2 N–H and O–H groups in total. The second kappa shape index (κ2) is 11.7. The highest BCUT2D eigenvalue weighted by Crippen LogP contribution is 2.33. The van der Waals surface area contributed by atoms with Gasteiger partial charge in [-0.25, -0.2) is 0 Å². The molecule has 0 saturated carbocycles. The molecule has 1 amide bonds. The van der Waals surface area contributed by atoms with Crippen LogP contribution in [0, 0.1) is 0 Å². The lowest BCUT2D eigenvalue weighted by molar-refractivity contribution is -0.150. The first-order valence-electron chi connectivity index (χ1n) is 11.3. The maximum atomic E-state index is 13.4. The number of benzene rings is 1. The van der Waals surface area contributed by atoms with Crippen molar-refractivity contribution >= 4 is 33.4 Å². The SMILES string of the molecule is CCCCn1c(=NC(=O)c2cc(C(F)(F)F)ccc2OC[C@H](C)OC(=O)[C@H](C)N)sc2ccncc21. The molecule has 2 atom stereocenters. The smallest absolute Gasteiger partial charge is 0.416 e. The number of esters is 1. The van der Waals surface area contributed by atoms with Crippen LogP contribution in [0.25, 0.3) is 10.2 Å². The van der Waals surface area contributed by atoms with Gasteiger partial charge in [0.1, 0.15) is 24.5 Å². The van der Waals surface area contributed by atoms with E-state index in [0.29, 0.717) is 17.4 Å². The van der Waals surface area contributed by atoms with E-state index in [2.05, 4.69) is 9.98 Å². The van der Waals surface area contributed by atoms with Crippen LogP contribution >= 0.6 is 11.3 Å².